The van der Waals surface area contributed by atoms with Crippen LogP contribution in [-0.2, 0) is 11.2 Å². The highest BCUT2D eigenvalue weighted by Crippen LogP contribution is 2.11. The van der Waals surface area contributed by atoms with Crippen molar-refractivity contribution in [2.75, 3.05) is 6.54 Å². The Balaban J connectivity index is 2.03. The third-order valence-electron chi connectivity index (χ3n) is 2.16. The highest BCUT2D eigenvalue weighted by molar-refractivity contribution is 7.09. The van der Waals surface area contributed by atoms with Crippen LogP contribution in [-0.4, -0.2) is 12.5 Å². The second-order valence-corrected chi connectivity index (χ2v) is 4.49. The van der Waals surface area contributed by atoms with E-state index in [0.717, 1.165) is 19.3 Å². The molecule has 1 N–H and O–H groups in total. The molecule has 0 aliphatic heterocycles. The molecule has 0 aliphatic carbocycles. The van der Waals surface area contributed by atoms with Gasteiger partial charge in [-0.1, -0.05) is 6.07 Å². The standard InChI is InChI=1S/C13H17NOS/c1-2-3-4-10-14-13(15)9-5-7-12-8-6-11-16-12/h6,8,11H,4-5,7,9-10H2,1H3,(H,14,15). The van der Waals surface area contributed by atoms with Crippen molar-refractivity contribution in [3.63, 3.8) is 0 Å². The van der Waals surface area contributed by atoms with Crippen LogP contribution >= 0.6 is 11.3 Å². The predicted molar refractivity (Wildman–Crippen MR) is 68.3 cm³/mol. The second-order valence-electron chi connectivity index (χ2n) is 3.46. The summed E-state index contributed by atoms with van der Waals surface area (Å²) >= 11 is 1.75. The summed E-state index contributed by atoms with van der Waals surface area (Å²) in [7, 11) is 0. The number of rotatable bonds is 6. The molecule has 1 heterocycles. The van der Waals surface area contributed by atoms with Crippen LogP contribution in [0.2, 0.25) is 0 Å². The summed E-state index contributed by atoms with van der Waals surface area (Å²) in [6.07, 6.45) is 3.27. The van der Waals surface area contributed by atoms with E-state index in [0.29, 0.717) is 13.0 Å². The van der Waals surface area contributed by atoms with Crippen LogP contribution in [0.3, 0.4) is 0 Å². The van der Waals surface area contributed by atoms with Gasteiger partial charge in [0.1, 0.15) is 0 Å². The third-order valence-corrected chi connectivity index (χ3v) is 3.09. The molecule has 0 fully saturated rings. The van der Waals surface area contributed by atoms with Gasteiger partial charge in [0.25, 0.3) is 0 Å². The summed E-state index contributed by atoms with van der Waals surface area (Å²) in [5.41, 5.74) is 0. The summed E-state index contributed by atoms with van der Waals surface area (Å²) < 4.78 is 0. The zero-order valence-electron chi connectivity index (χ0n) is 9.58. The highest BCUT2D eigenvalue weighted by Gasteiger charge is 2.00. The van der Waals surface area contributed by atoms with E-state index in [9.17, 15) is 4.79 Å². The highest BCUT2D eigenvalue weighted by atomic mass is 32.1. The van der Waals surface area contributed by atoms with Gasteiger partial charge >= 0.3 is 0 Å². The van der Waals surface area contributed by atoms with Crippen LogP contribution in [0, 0.1) is 11.8 Å². The fourth-order valence-corrected chi connectivity index (χ4v) is 2.11. The smallest absolute Gasteiger partial charge is 0.220 e. The molecule has 1 aromatic rings. The molecule has 0 unspecified atom stereocenters. The topological polar surface area (TPSA) is 29.1 Å². The van der Waals surface area contributed by atoms with E-state index in [1.54, 1.807) is 11.3 Å². The molecule has 1 amide bonds. The van der Waals surface area contributed by atoms with Gasteiger partial charge in [0.05, 0.1) is 0 Å². The molecular formula is C13H17NOS. The zero-order valence-corrected chi connectivity index (χ0v) is 10.4. The predicted octanol–water partition coefficient (Wildman–Crippen LogP) is 2.60. The lowest BCUT2D eigenvalue weighted by Gasteiger charge is -2.01. The van der Waals surface area contributed by atoms with Gasteiger partial charge < -0.3 is 5.32 Å². The molecule has 0 aromatic carbocycles. The first kappa shape index (κ1) is 12.8. The molecular weight excluding hydrogens is 218 g/mol. The number of aryl methyl sites for hydroxylation is 1. The van der Waals surface area contributed by atoms with Crippen LogP contribution in [0.1, 0.15) is 31.1 Å². The first-order valence-corrected chi connectivity index (χ1v) is 6.39. The largest absolute Gasteiger partial charge is 0.355 e. The average molecular weight is 235 g/mol. The number of nitrogens with one attached hydrogen (secondary N) is 1. The number of amides is 1. The second kappa shape index (κ2) is 7.95. The average Bonchev–Trinajstić information content (AvgIpc) is 2.77. The summed E-state index contributed by atoms with van der Waals surface area (Å²) in [5.74, 6) is 5.86. The summed E-state index contributed by atoms with van der Waals surface area (Å²) in [6, 6.07) is 4.16. The zero-order chi connectivity index (χ0) is 11.6. The first-order chi connectivity index (χ1) is 7.83. The monoisotopic (exact) mass is 235 g/mol. The van der Waals surface area contributed by atoms with E-state index in [1.807, 2.05) is 13.0 Å². The Hall–Kier alpha value is -1.27. The van der Waals surface area contributed by atoms with E-state index in [4.69, 9.17) is 0 Å². The van der Waals surface area contributed by atoms with Gasteiger partial charge in [-0.05, 0) is 31.2 Å². The van der Waals surface area contributed by atoms with Crippen molar-refractivity contribution in [1.29, 1.82) is 0 Å². The maximum Gasteiger partial charge on any atom is 0.220 e. The summed E-state index contributed by atoms with van der Waals surface area (Å²) in [4.78, 5) is 12.7. The van der Waals surface area contributed by atoms with E-state index in [1.165, 1.54) is 4.88 Å². The molecule has 0 atom stereocenters. The number of hydrogen-bond donors (Lipinski definition) is 1. The fourth-order valence-electron chi connectivity index (χ4n) is 1.36. The van der Waals surface area contributed by atoms with Gasteiger partial charge in [-0.25, -0.2) is 0 Å². The molecule has 16 heavy (non-hydrogen) atoms. The molecule has 86 valence electrons. The minimum absolute atomic E-state index is 0.134. The first-order valence-electron chi connectivity index (χ1n) is 5.51. The van der Waals surface area contributed by atoms with Crippen LogP contribution < -0.4 is 5.32 Å². The van der Waals surface area contributed by atoms with Crippen molar-refractivity contribution in [2.45, 2.75) is 32.6 Å². The number of carbonyl (C=O) groups is 1. The lowest BCUT2D eigenvalue weighted by molar-refractivity contribution is -0.121. The van der Waals surface area contributed by atoms with Crippen molar-refractivity contribution in [1.82, 2.24) is 5.32 Å². The Morgan fingerprint density at radius 1 is 1.56 bits per heavy atom. The minimum atomic E-state index is 0.134. The molecule has 0 saturated heterocycles. The van der Waals surface area contributed by atoms with Crippen molar-refractivity contribution in [2.24, 2.45) is 0 Å². The van der Waals surface area contributed by atoms with E-state index < -0.39 is 0 Å². The molecule has 1 rings (SSSR count). The molecule has 0 saturated carbocycles. The number of thiophene rings is 1. The maximum atomic E-state index is 11.4. The Kier molecular flexibility index (Phi) is 6.36. The minimum Gasteiger partial charge on any atom is -0.355 e. The quantitative estimate of drug-likeness (QED) is 0.596. The molecule has 0 aliphatic rings. The van der Waals surface area contributed by atoms with Crippen LogP contribution in [0.4, 0.5) is 0 Å². The van der Waals surface area contributed by atoms with Gasteiger partial charge in [-0.3, -0.25) is 4.79 Å². The van der Waals surface area contributed by atoms with Crippen molar-refractivity contribution < 1.29 is 4.79 Å². The van der Waals surface area contributed by atoms with Crippen LogP contribution in [0.15, 0.2) is 17.5 Å². The van der Waals surface area contributed by atoms with E-state index in [-0.39, 0.29) is 5.91 Å². The molecule has 0 bridgehead atoms. The molecule has 1 aromatic heterocycles. The lowest BCUT2D eigenvalue weighted by Crippen LogP contribution is -2.23. The summed E-state index contributed by atoms with van der Waals surface area (Å²) in [6.45, 7) is 2.47. The van der Waals surface area contributed by atoms with Gasteiger partial charge in [0, 0.05) is 24.3 Å². The lowest BCUT2D eigenvalue weighted by atomic mass is 10.2. The van der Waals surface area contributed by atoms with Crippen molar-refractivity contribution >= 4 is 17.2 Å². The fraction of sp³-hybridized carbons (Fsp3) is 0.462. The SMILES string of the molecule is CC#CCCNC(=O)CCCc1cccs1. The maximum absolute atomic E-state index is 11.4. The normalized spacial score (nSPS) is 9.31. The van der Waals surface area contributed by atoms with Crippen LogP contribution in [0.5, 0.6) is 0 Å². The molecule has 0 radical (unpaired) electrons. The number of hydrogen-bond acceptors (Lipinski definition) is 2. The third kappa shape index (κ3) is 5.57. The Bertz CT molecular complexity index is 359. The van der Waals surface area contributed by atoms with Crippen molar-refractivity contribution in [3.05, 3.63) is 22.4 Å². The Labute approximate surface area is 101 Å². The Morgan fingerprint density at radius 2 is 2.44 bits per heavy atom. The van der Waals surface area contributed by atoms with Gasteiger partial charge in [0.15, 0.2) is 0 Å². The Morgan fingerprint density at radius 3 is 3.12 bits per heavy atom. The van der Waals surface area contributed by atoms with Gasteiger partial charge in [0.2, 0.25) is 5.91 Å². The van der Waals surface area contributed by atoms with Gasteiger partial charge in [-0.15, -0.1) is 23.2 Å². The van der Waals surface area contributed by atoms with E-state index >= 15 is 0 Å². The van der Waals surface area contributed by atoms with Crippen molar-refractivity contribution in [3.8, 4) is 11.8 Å². The molecule has 0 spiro atoms. The van der Waals surface area contributed by atoms with Gasteiger partial charge in [-0.2, -0.15) is 0 Å². The van der Waals surface area contributed by atoms with Crippen LogP contribution in [0.25, 0.3) is 0 Å². The number of carbonyl (C=O) groups excluding carboxylic acids is 1. The molecule has 2 nitrogen and oxygen atoms in total. The summed E-state index contributed by atoms with van der Waals surface area (Å²) in [5, 5.41) is 4.93. The van der Waals surface area contributed by atoms with E-state index in [2.05, 4.69) is 28.6 Å². The molecule has 3 heteroatoms.